The normalized spacial score (nSPS) is 10.0. The largest absolute Gasteiger partial charge is 0.489 e. The molecule has 16 heavy (non-hydrogen) atoms. The van der Waals surface area contributed by atoms with Crippen LogP contribution in [-0.2, 0) is 6.61 Å². The SMILES string of the molecule is Nc1ccc(COc2ccccc2)c(N)c1. The molecule has 3 nitrogen and oxygen atoms in total. The molecule has 0 fully saturated rings. The molecule has 0 aliphatic carbocycles. The fourth-order valence-electron chi connectivity index (χ4n) is 1.42. The third-order valence-corrected chi connectivity index (χ3v) is 2.31. The quantitative estimate of drug-likeness (QED) is 0.771. The van der Waals surface area contributed by atoms with Crippen molar-refractivity contribution in [3.8, 4) is 5.75 Å². The number of nitrogens with two attached hydrogens (primary N) is 2. The molecule has 0 amide bonds. The molecule has 0 aliphatic heterocycles. The van der Waals surface area contributed by atoms with Gasteiger partial charge in [-0.15, -0.1) is 0 Å². The van der Waals surface area contributed by atoms with Crippen LogP contribution < -0.4 is 16.2 Å². The van der Waals surface area contributed by atoms with E-state index in [1.54, 1.807) is 6.07 Å². The summed E-state index contributed by atoms with van der Waals surface area (Å²) >= 11 is 0. The highest BCUT2D eigenvalue weighted by Crippen LogP contribution is 2.18. The van der Waals surface area contributed by atoms with E-state index in [-0.39, 0.29) is 0 Å². The average Bonchev–Trinajstić information content (AvgIpc) is 2.29. The van der Waals surface area contributed by atoms with Gasteiger partial charge in [-0.25, -0.2) is 0 Å². The molecule has 4 N–H and O–H groups in total. The zero-order chi connectivity index (χ0) is 11.4. The molecule has 2 rings (SSSR count). The number of nitrogen functional groups attached to an aromatic ring is 2. The third kappa shape index (κ3) is 2.45. The monoisotopic (exact) mass is 214 g/mol. The molecule has 0 atom stereocenters. The van der Waals surface area contributed by atoms with Crippen LogP contribution in [0.4, 0.5) is 11.4 Å². The zero-order valence-corrected chi connectivity index (χ0v) is 8.89. The summed E-state index contributed by atoms with van der Waals surface area (Å²) in [6, 6.07) is 15.1. The zero-order valence-electron chi connectivity index (χ0n) is 8.89. The number of hydrogen-bond acceptors (Lipinski definition) is 3. The molecule has 0 radical (unpaired) electrons. The molecule has 3 heteroatoms. The van der Waals surface area contributed by atoms with Crippen molar-refractivity contribution >= 4 is 11.4 Å². The van der Waals surface area contributed by atoms with Gasteiger partial charge in [-0.3, -0.25) is 0 Å². The van der Waals surface area contributed by atoms with Crippen molar-refractivity contribution in [2.75, 3.05) is 11.5 Å². The van der Waals surface area contributed by atoms with E-state index < -0.39 is 0 Å². The number of ether oxygens (including phenoxy) is 1. The molecule has 0 saturated heterocycles. The molecule has 0 unspecified atom stereocenters. The van der Waals surface area contributed by atoms with Crippen molar-refractivity contribution in [3.05, 3.63) is 54.1 Å². The van der Waals surface area contributed by atoms with Crippen LogP contribution in [0.25, 0.3) is 0 Å². The third-order valence-electron chi connectivity index (χ3n) is 2.31. The number of para-hydroxylation sites is 1. The molecule has 0 spiro atoms. The Balaban J connectivity index is 2.05. The topological polar surface area (TPSA) is 61.3 Å². The second kappa shape index (κ2) is 4.57. The predicted molar refractivity (Wildman–Crippen MR) is 66.0 cm³/mol. The highest BCUT2D eigenvalue weighted by Gasteiger charge is 2.00. The Morgan fingerprint density at radius 2 is 1.69 bits per heavy atom. The van der Waals surface area contributed by atoms with Crippen LogP contribution in [0.15, 0.2) is 48.5 Å². The van der Waals surface area contributed by atoms with Gasteiger partial charge in [-0.05, 0) is 24.3 Å². The average molecular weight is 214 g/mol. The Bertz CT molecular complexity index is 469. The van der Waals surface area contributed by atoms with Crippen molar-refractivity contribution in [2.24, 2.45) is 0 Å². The van der Waals surface area contributed by atoms with Crippen LogP contribution in [0.3, 0.4) is 0 Å². The lowest BCUT2D eigenvalue weighted by Gasteiger charge is -2.08. The van der Waals surface area contributed by atoms with Crippen LogP contribution in [-0.4, -0.2) is 0 Å². The van der Waals surface area contributed by atoms with E-state index in [1.165, 1.54) is 0 Å². The molecule has 2 aromatic rings. The minimum Gasteiger partial charge on any atom is -0.489 e. The second-order valence-electron chi connectivity index (χ2n) is 3.56. The fraction of sp³-hybridized carbons (Fsp3) is 0.0769. The molecular formula is C13H14N2O. The van der Waals surface area contributed by atoms with E-state index in [9.17, 15) is 0 Å². The molecular weight excluding hydrogens is 200 g/mol. The smallest absolute Gasteiger partial charge is 0.119 e. The van der Waals surface area contributed by atoms with Crippen molar-refractivity contribution in [1.82, 2.24) is 0 Å². The van der Waals surface area contributed by atoms with Gasteiger partial charge in [0, 0.05) is 16.9 Å². The first kappa shape index (κ1) is 10.4. The number of hydrogen-bond donors (Lipinski definition) is 2. The summed E-state index contributed by atoms with van der Waals surface area (Å²) in [5.41, 5.74) is 13.7. The van der Waals surface area contributed by atoms with Gasteiger partial charge in [0.15, 0.2) is 0 Å². The van der Waals surface area contributed by atoms with E-state index in [1.807, 2.05) is 42.5 Å². The Kier molecular flexibility index (Phi) is 2.96. The van der Waals surface area contributed by atoms with E-state index >= 15 is 0 Å². The van der Waals surface area contributed by atoms with Crippen molar-refractivity contribution in [1.29, 1.82) is 0 Å². The lowest BCUT2D eigenvalue weighted by molar-refractivity contribution is 0.307. The minimum atomic E-state index is 0.454. The summed E-state index contributed by atoms with van der Waals surface area (Å²) in [5, 5.41) is 0. The molecule has 0 heterocycles. The van der Waals surface area contributed by atoms with Crippen LogP contribution in [0.5, 0.6) is 5.75 Å². The van der Waals surface area contributed by atoms with Crippen molar-refractivity contribution in [2.45, 2.75) is 6.61 Å². The highest BCUT2D eigenvalue weighted by molar-refractivity contribution is 5.56. The summed E-state index contributed by atoms with van der Waals surface area (Å²) in [6.07, 6.45) is 0. The molecule has 0 aromatic heterocycles. The maximum atomic E-state index is 5.83. The second-order valence-corrected chi connectivity index (χ2v) is 3.56. The predicted octanol–water partition coefficient (Wildman–Crippen LogP) is 2.43. The Morgan fingerprint density at radius 3 is 2.38 bits per heavy atom. The summed E-state index contributed by atoms with van der Waals surface area (Å²) in [5.74, 6) is 0.832. The molecule has 0 saturated carbocycles. The van der Waals surface area contributed by atoms with E-state index in [4.69, 9.17) is 16.2 Å². The maximum absolute atomic E-state index is 5.83. The minimum absolute atomic E-state index is 0.454. The first-order chi connectivity index (χ1) is 7.75. The standard InChI is InChI=1S/C13H14N2O/c14-11-7-6-10(13(15)8-11)9-16-12-4-2-1-3-5-12/h1-8H,9,14-15H2. The van der Waals surface area contributed by atoms with Crippen molar-refractivity contribution in [3.63, 3.8) is 0 Å². The Morgan fingerprint density at radius 1 is 0.938 bits per heavy atom. The van der Waals surface area contributed by atoms with Crippen LogP contribution >= 0.6 is 0 Å². The molecule has 82 valence electrons. The van der Waals surface area contributed by atoms with Gasteiger partial charge in [0.05, 0.1) is 0 Å². The van der Waals surface area contributed by atoms with Crippen LogP contribution in [0.2, 0.25) is 0 Å². The van der Waals surface area contributed by atoms with Gasteiger partial charge in [-0.2, -0.15) is 0 Å². The van der Waals surface area contributed by atoms with E-state index in [0.29, 0.717) is 18.0 Å². The van der Waals surface area contributed by atoms with Crippen molar-refractivity contribution < 1.29 is 4.74 Å². The molecule has 0 bridgehead atoms. The summed E-state index contributed by atoms with van der Waals surface area (Å²) < 4.78 is 5.59. The van der Waals surface area contributed by atoms with Gasteiger partial charge in [0.25, 0.3) is 0 Å². The first-order valence-electron chi connectivity index (χ1n) is 5.07. The van der Waals surface area contributed by atoms with Gasteiger partial charge in [0.1, 0.15) is 12.4 Å². The van der Waals surface area contributed by atoms with Crippen LogP contribution in [0, 0.1) is 0 Å². The lowest BCUT2D eigenvalue weighted by atomic mass is 10.2. The van der Waals surface area contributed by atoms with Gasteiger partial charge < -0.3 is 16.2 Å². The van der Waals surface area contributed by atoms with Gasteiger partial charge >= 0.3 is 0 Å². The molecule has 0 aliphatic rings. The fourth-order valence-corrected chi connectivity index (χ4v) is 1.42. The lowest BCUT2D eigenvalue weighted by Crippen LogP contribution is -2.01. The summed E-state index contributed by atoms with van der Waals surface area (Å²) in [4.78, 5) is 0. The number of anilines is 2. The van der Waals surface area contributed by atoms with Crippen LogP contribution in [0.1, 0.15) is 5.56 Å². The summed E-state index contributed by atoms with van der Waals surface area (Å²) in [7, 11) is 0. The van der Waals surface area contributed by atoms with Gasteiger partial charge in [0.2, 0.25) is 0 Å². The highest BCUT2D eigenvalue weighted by atomic mass is 16.5. The molecule has 2 aromatic carbocycles. The van der Waals surface area contributed by atoms with E-state index in [2.05, 4.69) is 0 Å². The number of rotatable bonds is 3. The van der Waals surface area contributed by atoms with E-state index in [0.717, 1.165) is 11.3 Å². The number of benzene rings is 2. The Hall–Kier alpha value is -2.16. The maximum Gasteiger partial charge on any atom is 0.119 e. The Labute approximate surface area is 94.6 Å². The summed E-state index contributed by atoms with van der Waals surface area (Å²) in [6.45, 7) is 0.454. The van der Waals surface area contributed by atoms with Gasteiger partial charge in [-0.1, -0.05) is 24.3 Å². The first-order valence-corrected chi connectivity index (χ1v) is 5.07.